The number of benzene rings is 1. The Morgan fingerprint density at radius 3 is 2.58 bits per heavy atom. The maximum Gasteiger partial charge on any atom is 0.276 e. The number of hydrazone groups is 1. The highest BCUT2D eigenvalue weighted by Crippen LogP contribution is 2.14. The summed E-state index contributed by atoms with van der Waals surface area (Å²) in [6.07, 6.45) is 4.60. The predicted octanol–water partition coefficient (Wildman–Crippen LogP) is 2.16. The molecule has 0 saturated heterocycles. The lowest BCUT2D eigenvalue weighted by Crippen LogP contribution is -2.18. The monoisotopic (exact) mass is 339 g/mol. The Kier molecular flexibility index (Phi) is 4.28. The molecule has 0 spiro atoms. The van der Waals surface area contributed by atoms with E-state index in [2.05, 4.69) is 30.8 Å². The Morgan fingerprint density at radius 2 is 1.95 bits per heavy atom. The highest BCUT2D eigenvalue weighted by atomic mass is 79.9. The minimum Gasteiger partial charge on any atom is -0.264 e. The second kappa shape index (κ2) is 5.94. The normalized spacial score (nSPS) is 11.6. The summed E-state index contributed by atoms with van der Waals surface area (Å²) >= 11 is 3.24. The minimum absolute atomic E-state index is 0.152. The van der Waals surface area contributed by atoms with Gasteiger partial charge in [-0.25, -0.2) is 4.83 Å². The van der Waals surface area contributed by atoms with E-state index in [0.717, 1.165) is 4.47 Å². The summed E-state index contributed by atoms with van der Waals surface area (Å²) < 4.78 is 24.6. The Balaban J connectivity index is 2.10. The van der Waals surface area contributed by atoms with E-state index in [4.69, 9.17) is 0 Å². The van der Waals surface area contributed by atoms with Gasteiger partial charge in [-0.15, -0.1) is 0 Å². The molecule has 0 aliphatic rings. The van der Waals surface area contributed by atoms with Gasteiger partial charge in [0.2, 0.25) is 0 Å². The third-order valence-electron chi connectivity index (χ3n) is 2.19. The van der Waals surface area contributed by atoms with Gasteiger partial charge in [0.15, 0.2) is 0 Å². The molecule has 5 nitrogen and oxygen atoms in total. The molecule has 98 valence electrons. The van der Waals surface area contributed by atoms with Gasteiger partial charge in [-0.05, 0) is 30.3 Å². The zero-order chi connectivity index (χ0) is 13.7. The van der Waals surface area contributed by atoms with Gasteiger partial charge in [0, 0.05) is 22.4 Å². The summed E-state index contributed by atoms with van der Waals surface area (Å²) in [5, 5.41) is 3.70. The third kappa shape index (κ3) is 3.87. The zero-order valence-electron chi connectivity index (χ0n) is 9.69. The number of hydrogen-bond donors (Lipinski definition) is 1. The molecule has 1 aromatic carbocycles. The maximum absolute atomic E-state index is 11.9. The molecular formula is C12H10BrN3O2S. The van der Waals surface area contributed by atoms with Gasteiger partial charge in [-0.1, -0.05) is 22.0 Å². The highest BCUT2D eigenvalue weighted by molar-refractivity contribution is 9.10. The fourth-order valence-corrected chi connectivity index (χ4v) is 2.34. The largest absolute Gasteiger partial charge is 0.276 e. The van der Waals surface area contributed by atoms with Gasteiger partial charge < -0.3 is 0 Å². The molecule has 19 heavy (non-hydrogen) atoms. The molecule has 1 N–H and O–H groups in total. The van der Waals surface area contributed by atoms with Crippen LogP contribution in [0.5, 0.6) is 0 Å². The highest BCUT2D eigenvalue weighted by Gasteiger charge is 2.11. The number of halogens is 1. The summed E-state index contributed by atoms with van der Waals surface area (Å²) in [6.45, 7) is 0. The average Bonchev–Trinajstić information content (AvgIpc) is 2.40. The standard InChI is InChI=1S/C12H10BrN3O2S/c13-11-3-5-12(6-4-11)19(17,18)16-15-9-10-2-1-7-14-8-10/h1-9,16H/b15-9+. The molecule has 0 fully saturated rings. The van der Waals surface area contributed by atoms with Crippen LogP contribution in [-0.2, 0) is 10.0 Å². The van der Waals surface area contributed by atoms with E-state index >= 15 is 0 Å². The quantitative estimate of drug-likeness (QED) is 0.685. The Bertz CT molecular complexity index is 670. The molecule has 1 heterocycles. The van der Waals surface area contributed by atoms with Gasteiger partial charge >= 0.3 is 0 Å². The Hall–Kier alpha value is -1.73. The van der Waals surface area contributed by atoms with Crippen LogP contribution in [0, 0.1) is 0 Å². The number of hydrogen-bond acceptors (Lipinski definition) is 4. The smallest absolute Gasteiger partial charge is 0.264 e. The van der Waals surface area contributed by atoms with Crippen LogP contribution in [0.15, 0.2) is 63.3 Å². The lowest BCUT2D eigenvalue weighted by Gasteiger charge is -2.02. The maximum atomic E-state index is 11.9. The average molecular weight is 340 g/mol. The van der Waals surface area contributed by atoms with Crippen molar-refractivity contribution in [3.8, 4) is 0 Å². The molecule has 0 atom stereocenters. The molecule has 2 aromatic rings. The van der Waals surface area contributed by atoms with Crippen molar-refractivity contribution in [2.24, 2.45) is 5.10 Å². The van der Waals surface area contributed by atoms with Crippen molar-refractivity contribution in [3.05, 3.63) is 58.8 Å². The van der Waals surface area contributed by atoms with Gasteiger partial charge in [0.05, 0.1) is 11.1 Å². The van der Waals surface area contributed by atoms with E-state index in [0.29, 0.717) is 5.56 Å². The van der Waals surface area contributed by atoms with Crippen LogP contribution in [0.25, 0.3) is 0 Å². The van der Waals surface area contributed by atoms with Crippen molar-refractivity contribution in [3.63, 3.8) is 0 Å². The van der Waals surface area contributed by atoms with E-state index in [1.54, 1.807) is 36.7 Å². The van der Waals surface area contributed by atoms with Crippen molar-refractivity contribution in [2.75, 3.05) is 0 Å². The molecule has 0 aliphatic carbocycles. The Labute approximate surface area is 119 Å². The van der Waals surface area contributed by atoms with E-state index in [-0.39, 0.29) is 4.90 Å². The van der Waals surface area contributed by atoms with Crippen LogP contribution in [0.1, 0.15) is 5.56 Å². The van der Waals surface area contributed by atoms with Crippen molar-refractivity contribution >= 4 is 32.2 Å². The summed E-state index contributed by atoms with van der Waals surface area (Å²) in [5.74, 6) is 0. The lowest BCUT2D eigenvalue weighted by atomic mass is 10.3. The van der Waals surface area contributed by atoms with Crippen LogP contribution in [0.2, 0.25) is 0 Å². The second-order valence-electron chi connectivity index (χ2n) is 3.59. The number of nitrogens with zero attached hydrogens (tertiary/aromatic N) is 2. The van der Waals surface area contributed by atoms with Crippen LogP contribution < -0.4 is 4.83 Å². The van der Waals surface area contributed by atoms with Crippen molar-refractivity contribution in [1.82, 2.24) is 9.82 Å². The third-order valence-corrected chi connectivity index (χ3v) is 3.96. The summed E-state index contributed by atoms with van der Waals surface area (Å²) in [5.41, 5.74) is 0.709. The number of sulfonamides is 1. The summed E-state index contributed by atoms with van der Waals surface area (Å²) in [6, 6.07) is 9.80. The Morgan fingerprint density at radius 1 is 1.21 bits per heavy atom. The first-order chi connectivity index (χ1) is 9.08. The van der Waals surface area contributed by atoms with Gasteiger partial charge in [-0.2, -0.15) is 13.5 Å². The summed E-state index contributed by atoms with van der Waals surface area (Å²) in [4.78, 5) is 6.19. The minimum atomic E-state index is -3.64. The SMILES string of the molecule is O=S(=O)(N/N=C/c1cccnc1)c1ccc(Br)cc1. The first-order valence-electron chi connectivity index (χ1n) is 5.28. The molecule has 2 rings (SSSR count). The first kappa shape index (κ1) is 13.7. The number of aromatic nitrogens is 1. The molecule has 0 amide bonds. The fourth-order valence-electron chi connectivity index (χ4n) is 1.29. The van der Waals surface area contributed by atoms with E-state index < -0.39 is 10.0 Å². The van der Waals surface area contributed by atoms with Crippen LogP contribution in [-0.4, -0.2) is 19.6 Å². The molecule has 7 heteroatoms. The van der Waals surface area contributed by atoms with Crippen LogP contribution in [0.3, 0.4) is 0 Å². The van der Waals surface area contributed by atoms with Crippen LogP contribution in [0.4, 0.5) is 0 Å². The number of nitrogens with one attached hydrogen (secondary N) is 1. The fraction of sp³-hybridized carbons (Fsp3) is 0. The molecule has 0 radical (unpaired) electrons. The van der Waals surface area contributed by atoms with Gasteiger partial charge in [-0.3, -0.25) is 4.98 Å². The van der Waals surface area contributed by atoms with Crippen molar-refractivity contribution in [2.45, 2.75) is 4.90 Å². The van der Waals surface area contributed by atoms with Gasteiger partial charge in [0.25, 0.3) is 10.0 Å². The van der Waals surface area contributed by atoms with E-state index in [1.807, 2.05) is 0 Å². The topological polar surface area (TPSA) is 71.4 Å². The van der Waals surface area contributed by atoms with E-state index in [9.17, 15) is 8.42 Å². The summed E-state index contributed by atoms with van der Waals surface area (Å²) in [7, 11) is -3.64. The molecule has 1 aromatic heterocycles. The molecule has 0 aliphatic heterocycles. The molecule has 0 bridgehead atoms. The van der Waals surface area contributed by atoms with Crippen molar-refractivity contribution < 1.29 is 8.42 Å². The second-order valence-corrected chi connectivity index (χ2v) is 6.17. The molecular weight excluding hydrogens is 330 g/mol. The number of pyridine rings is 1. The van der Waals surface area contributed by atoms with Crippen LogP contribution >= 0.6 is 15.9 Å². The predicted molar refractivity (Wildman–Crippen MR) is 76.3 cm³/mol. The zero-order valence-corrected chi connectivity index (χ0v) is 12.1. The lowest BCUT2D eigenvalue weighted by molar-refractivity contribution is 0.584. The van der Waals surface area contributed by atoms with E-state index in [1.165, 1.54) is 18.3 Å². The first-order valence-corrected chi connectivity index (χ1v) is 7.56. The van der Waals surface area contributed by atoms with Gasteiger partial charge in [0.1, 0.15) is 0 Å². The van der Waals surface area contributed by atoms with Crippen molar-refractivity contribution in [1.29, 1.82) is 0 Å². The molecule has 0 unspecified atom stereocenters. The number of rotatable bonds is 4. The molecule has 0 saturated carbocycles.